The molecular weight excluding hydrogens is 290 g/mol. The van der Waals surface area contributed by atoms with Gasteiger partial charge in [-0.05, 0) is 31.2 Å². The summed E-state index contributed by atoms with van der Waals surface area (Å²) in [7, 11) is 0. The normalized spacial score (nSPS) is 21.0. The predicted molar refractivity (Wildman–Crippen MR) is 84.7 cm³/mol. The molecule has 1 aromatic carbocycles. The van der Waals surface area contributed by atoms with E-state index in [1.54, 1.807) is 0 Å². The topological polar surface area (TPSA) is 88.2 Å². The molecule has 0 bridgehead atoms. The van der Waals surface area contributed by atoms with Gasteiger partial charge in [0.15, 0.2) is 0 Å². The van der Waals surface area contributed by atoms with E-state index in [-0.39, 0.29) is 42.9 Å². The highest BCUT2D eigenvalue weighted by Gasteiger charge is 2.24. The number of benzene rings is 1. The molecule has 0 atom stereocenters. The van der Waals surface area contributed by atoms with Crippen molar-refractivity contribution in [3.63, 3.8) is 0 Å². The van der Waals surface area contributed by atoms with Crippen molar-refractivity contribution < 1.29 is 9.53 Å². The predicted octanol–water partition coefficient (Wildman–Crippen LogP) is 2.83. The number of alkyl carbamates (subject to hydrolysis) is 1. The van der Waals surface area contributed by atoms with E-state index in [1.807, 2.05) is 30.3 Å². The summed E-state index contributed by atoms with van der Waals surface area (Å²) < 4.78 is 5.19. The van der Waals surface area contributed by atoms with Crippen LogP contribution in [0.15, 0.2) is 30.3 Å². The van der Waals surface area contributed by atoms with Gasteiger partial charge in [-0.25, -0.2) is 4.79 Å². The van der Waals surface area contributed by atoms with E-state index in [0.29, 0.717) is 0 Å². The Morgan fingerprint density at radius 2 is 1.86 bits per heavy atom. The zero-order chi connectivity index (χ0) is 14.4. The number of carbonyl (C=O) groups excluding carboxylic acids is 1. The molecule has 0 unspecified atom stereocenters. The van der Waals surface area contributed by atoms with Crippen LogP contribution in [0.5, 0.6) is 0 Å². The van der Waals surface area contributed by atoms with Crippen molar-refractivity contribution in [3.05, 3.63) is 35.9 Å². The SMILES string of the molecule is Cl.N=C(N)[C@H]1CC[C@H](NC(=O)OCc2ccccc2)CC1. The van der Waals surface area contributed by atoms with Crippen molar-refractivity contribution in [2.45, 2.75) is 38.3 Å². The number of ether oxygens (including phenoxy) is 1. The number of hydrogen-bond acceptors (Lipinski definition) is 3. The lowest BCUT2D eigenvalue weighted by Crippen LogP contribution is -2.39. The van der Waals surface area contributed by atoms with Crippen LogP contribution in [-0.2, 0) is 11.3 Å². The Morgan fingerprint density at radius 3 is 2.43 bits per heavy atom. The monoisotopic (exact) mass is 311 g/mol. The molecule has 1 aromatic rings. The number of rotatable bonds is 4. The lowest BCUT2D eigenvalue weighted by Gasteiger charge is -2.28. The van der Waals surface area contributed by atoms with Crippen molar-refractivity contribution in [1.82, 2.24) is 5.32 Å². The van der Waals surface area contributed by atoms with Crippen LogP contribution in [0.1, 0.15) is 31.2 Å². The highest BCUT2D eigenvalue weighted by molar-refractivity contribution is 5.85. The third-order valence-corrected chi connectivity index (χ3v) is 3.70. The number of nitrogens with one attached hydrogen (secondary N) is 2. The minimum atomic E-state index is -0.375. The summed E-state index contributed by atoms with van der Waals surface area (Å²) in [4.78, 5) is 11.7. The Bertz CT molecular complexity index is 459. The molecule has 0 radical (unpaired) electrons. The van der Waals surface area contributed by atoms with E-state index >= 15 is 0 Å². The van der Waals surface area contributed by atoms with Gasteiger partial charge in [-0.1, -0.05) is 30.3 Å². The van der Waals surface area contributed by atoms with Gasteiger partial charge < -0.3 is 15.8 Å². The van der Waals surface area contributed by atoms with Crippen LogP contribution in [0.3, 0.4) is 0 Å². The van der Waals surface area contributed by atoms with Gasteiger partial charge in [-0.3, -0.25) is 5.41 Å². The van der Waals surface area contributed by atoms with Gasteiger partial charge in [-0.2, -0.15) is 0 Å². The molecule has 1 aliphatic carbocycles. The first-order valence-corrected chi connectivity index (χ1v) is 6.96. The third-order valence-electron chi connectivity index (χ3n) is 3.70. The fourth-order valence-corrected chi connectivity index (χ4v) is 2.48. The second kappa shape index (κ2) is 8.52. The Labute approximate surface area is 131 Å². The highest BCUT2D eigenvalue weighted by Crippen LogP contribution is 2.24. The zero-order valence-corrected chi connectivity index (χ0v) is 12.7. The smallest absolute Gasteiger partial charge is 0.407 e. The first-order valence-electron chi connectivity index (χ1n) is 6.96. The Morgan fingerprint density at radius 1 is 1.24 bits per heavy atom. The van der Waals surface area contributed by atoms with Gasteiger partial charge >= 0.3 is 6.09 Å². The molecule has 1 saturated carbocycles. The van der Waals surface area contributed by atoms with Crippen LogP contribution in [0.4, 0.5) is 4.79 Å². The summed E-state index contributed by atoms with van der Waals surface area (Å²) in [6.45, 7) is 0.287. The average Bonchev–Trinajstić information content (AvgIpc) is 2.47. The van der Waals surface area contributed by atoms with Gasteiger partial charge in [0.05, 0.1) is 5.84 Å². The summed E-state index contributed by atoms with van der Waals surface area (Å²) in [5.41, 5.74) is 6.47. The maximum absolute atomic E-state index is 11.7. The van der Waals surface area contributed by atoms with Crippen LogP contribution in [-0.4, -0.2) is 18.0 Å². The molecule has 5 nitrogen and oxygen atoms in total. The van der Waals surface area contributed by atoms with Crippen molar-refractivity contribution in [2.75, 3.05) is 0 Å². The Hall–Kier alpha value is -1.75. The Balaban J connectivity index is 0.00000220. The lowest BCUT2D eigenvalue weighted by molar-refractivity contribution is 0.132. The number of amidine groups is 1. The molecule has 0 saturated heterocycles. The van der Waals surface area contributed by atoms with E-state index in [9.17, 15) is 4.79 Å². The molecule has 21 heavy (non-hydrogen) atoms. The number of nitrogens with two attached hydrogens (primary N) is 1. The minimum absolute atomic E-state index is 0. The summed E-state index contributed by atoms with van der Waals surface area (Å²) in [6, 6.07) is 9.74. The average molecular weight is 312 g/mol. The quantitative estimate of drug-likeness (QED) is 0.590. The first kappa shape index (κ1) is 17.3. The van der Waals surface area contributed by atoms with Gasteiger partial charge in [0.2, 0.25) is 0 Å². The number of hydrogen-bond donors (Lipinski definition) is 3. The number of halogens is 1. The maximum atomic E-state index is 11.7. The van der Waals surface area contributed by atoms with Crippen LogP contribution in [0, 0.1) is 11.3 Å². The van der Waals surface area contributed by atoms with E-state index in [4.69, 9.17) is 15.9 Å². The minimum Gasteiger partial charge on any atom is -0.445 e. The molecule has 0 heterocycles. The van der Waals surface area contributed by atoms with Crippen LogP contribution in [0.25, 0.3) is 0 Å². The third kappa shape index (κ3) is 5.63. The van der Waals surface area contributed by atoms with E-state index in [1.165, 1.54) is 0 Å². The summed E-state index contributed by atoms with van der Waals surface area (Å²) in [5, 5.41) is 10.3. The summed E-state index contributed by atoms with van der Waals surface area (Å²) in [5.74, 6) is 0.434. The molecule has 2 rings (SSSR count). The maximum Gasteiger partial charge on any atom is 0.407 e. The largest absolute Gasteiger partial charge is 0.445 e. The van der Waals surface area contributed by atoms with Crippen LogP contribution in [0.2, 0.25) is 0 Å². The van der Waals surface area contributed by atoms with E-state index < -0.39 is 0 Å². The van der Waals surface area contributed by atoms with E-state index in [2.05, 4.69) is 5.32 Å². The van der Waals surface area contributed by atoms with Gasteiger partial charge in [0.1, 0.15) is 6.61 Å². The van der Waals surface area contributed by atoms with Gasteiger partial charge in [-0.15, -0.1) is 12.4 Å². The number of carbonyl (C=O) groups is 1. The molecule has 0 spiro atoms. The van der Waals surface area contributed by atoms with Crippen molar-refractivity contribution in [3.8, 4) is 0 Å². The Kier molecular flexibility index (Phi) is 7.02. The fraction of sp³-hybridized carbons (Fsp3) is 0.467. The number of amides is 1. The molecular formula is C15H22ClN3O2. The molecule has 1 amide bonds. The van der Waals surface area contributed by atoms with Crippen LogP contribution < -0.4 is 11.1 Å². The van der Waals surface area contributed by atoms with E-state index in [0.717, 1.165) is 31.2 Å². The summed E-state index contributed by atoms with van der Waals surface area (Å²) >= 11 is 0. The van der Waals surface area contributed by atoms with Crippen molar-refractivity contribution in [1.29, 1.82) is 5.41 Å². The molecule has 116 valence electrons. The molecule has 1 aliphatic rings. The zero-order valence-electron chi connectivity index (χ0n) is 11.9. The molecule has 1 fully saturated rings. The second-order valence-corrected chi connectivity index (χ2v) is 5.21. The molecule has 4 N–H and O–H groups in total. The fourth-order valence-electron chi connectivity index (χ4n) is 2.48. The highest BCUT2D eigenvalue weighted by atomic mass is 35.5. The van der Waals surface area contributed by atoms with Gasteiger partial charge in [0, 0.05) is 12.0 Å². The van der Waals surface area contributed by atoms with Crippen molar-refractivity contribution in [2.24, 2.45) is 11.7 Å². The second-order valence-electron chi connectivity index (χ2n) is 5.21. The standard InChI is InChI=1S/C15H21N3O2.ClH/c16-14(17)12-6-8-13(9-7-12)18-15(19)20-10-11-4-2-1-3-5-11;/h1-5,12-13H,6-10H2,(H3,16,17)(H,18,19);1H/t12-,13-;. The first-order chi connectivity index (χ1) is 9.65. The summed E-state index contributed by atoms with van der Waals surface area (Å²) in [6.07, 6.45) is 3.05. The van der Waals surface area contributed by atoms with Crippen LogP contribution >= 0.6 is 12.4 Å². The van der Waals surface area contributed by atoms with Crippen molar-refractivity contribution >= 4 is 24.3 Å². The van der Waals surface area contributed by atoms with Gasteiger partial charge in [0.25, 0.3) is 0 Å². The molecule has 0 aromatic heterocycles. The molecule has 0 aliphatic heterocycles. The lowest BCUT2D eigenvalue weighted by atomic mass is 9.85. The molecule has 6 heteroatoms.